The Morgan fingerprint density at radius 2 is 1.94 bits per heavy atom. The second kappa shape index (κ2) is 4.11. The normalized spacial score (nSPS) is 10.6. The smallest absolute Gasteiger partial charge is 0.0489 e. The lowest BCUT2D eigenvalue weighted by molar-refractivity contribution is 1.29. The zero-order valence-corrected chi connectivity index (χ0v) is 9.87. The Morgan fingerprint density at radius 3 is 2.82 bits per heavy atom. The summed E-state index contributed by atoms with van der Waals surface area (Å²) in [6, 6.07) is 12.0. The Hall–Kier alpha value is -2.00. The lowest BCUT2D eigenvalue weighted by atomic mass is 10.1. The number of benzene rings is 1. The van der Waals surface area contributed by atoms with Gasteiger partial charge >= 0.3 is 0 Å². The van der Waals surface area contributed by atoms with E-state index in [1.807, 2.05) is 42.9 Å². The van der Waals surface area contributed by atoms with Crippen LogP contribution >= 0.6 is 12.2 Å². The predicted molar refractivity (Wildman–Crippen MR) is 72.4 cm³/mol. The van der Waals surface area contributed by atoms with Crippen molar-refractivity contribution in [2.45, 2.75) is 0 Å². The van der Waals surface area contributed by atoms with Gasteiger partial charge in [-0.25, -0.2) is 0 Å². The van der Waals surface area contributed by atoms with E-state index in [0.29, 0.717) is 0 Å². The number of hydrogen-bond acceptors (Lipinski definition) is 2. The highest BCUT2D eigenvalue weighted by molar-refractivity contribution is 7.71. The maximum absolute atomic E-state index is 5.18. The van der Waals surface area contributed by atoms with Gasteiger partial charge in [-0.1, -0.05) is 36.5 Å². The number of aromatic nitrogens is 2. The third kappa shape index (κ3) is 1.85. The minimum Gasteiger partial charge on any atom is -0.361 e. The van der Waals surface area contributed by atoms with Crippen LogP contribution in [0.1, 0.15) is 0 Å². The summed E-state index contributed by atoms with van der Waals surface area (Å²) in [6.07, 6.45) is 5.60. The van der Waals surface area contributed by atoms with Crippen molar-refractivity contribution in [1.82, 2.24) is 9.97 Å². The Balaban J connectivity index is 2.34. The van der Waals surface area contributed by atoms with Crippen molar-refractivity contribution < 1.29 is 0 Å². The van der Waals surface area contributed by atoms with Crippen LogP contribution in [0.25, 0.3) is 22.0 Å². The maximum atomic E-state index is 5.18. The van der Waals surface area contributed by atoms with Crippen LogP contribution in [0.15, 0.2) is 55.0 Å². The Labute approximate surface area is 104 Å². The van der Waals surface area contributed by atoms with E-state index in [9.17, 15) is 0 Å². The van der Waals surface area contributed by atoms with Gasteiger partial charge in [-0.3, -0.25) is 4.98 Å². The molecular weight excluding hydrogens is 228 g/mol. The number of rotatable bonds is 1. The maximum Gasteiger partial charge on any atom is 0.0489 e. The highest BCUT2D eigenvalue weighted by Gasteiger charge is 2.03. The average molecular weight is 238 g/mol. The van der Waals surface area contributed by atoms with Crippen LogP contribution in [0, 0.1) is 4.51 Å². The summed E-state index contributed by atoms with van der Waals surface area (Å²) in [5, 5.41) is 2.31. The highest BCUT2D eigenvalue weighted by atomic mass is 32.1. The first-order valence-electron chi connectivity index (χ1n) is 5.36. The number of nitrogens with one attached hydrogen (secondary N) is 1. The Morgan fingerprint density at radius 1 is 1.06 bits per heavy atom. The summed E-state index contributed by atoms with van der Waals surface area (Å²) >= 11 is 5.18. The summed E-state index contributed by atoms with van der Waals surface area (Å²) in [6.45, 7) is 0. The average Bonchev–Trinajstić information content (AvgIpc) is 2.38. The standard InChI is InChI=1S/C14H10N2S/c17-11-5-6-16-14(7-11)13-9-15-8-10-3-1-2-4-12(10)13/h1-9H,(H,16,17). The summed E-state index contributed by atoms with van der Waals surface area (Å²) in [7, 11) is 0. The monoisotopic (exact) mass is 238 g/mol. The first kappa shape index (κ1) is 10.2. The van der Waals surface area contributed by atoms with Crippen molar-refractivity contribution in [3.8, 4) is 11.3 Å². The van der Waals surface area contributed by atoms with Gasteiger partial charge in [0.25, 0.3) is 0 Å². The number of pyridine rings is 2. The number of nitrogens with zero attached hydrogens (tertiary/aromatic N) is 1. The molecule has 2 aromatic heterocycles. The van der Waals surface area contributed by atoms with Gasteiger partial charge in [0, 0.05) is 39.7 Å². The topological polar surface area (TPSA) is 28.7 Å². The molecule has 0 aliphatic rings. The number of hydrogen-bond donors (Lipinski definition) is 1. The molecule has 0 unspecified atom stereocenters. The van der Waals surface area contributed by atoms with Crippen molar-refractivity contribution in [3.05, 3.63) is 59.5 Å². The Bertz CT molecular complexity index is 726. The molecule has 0 fully saturated rings. The van der Waals surface area contributed by atoms with E-state index in [-0.39, 0.29) is 0 Å². The molecule has 3 aromatic rings. The van der Waals surface area contributed by atoms with E-state index in [0.717, 1.165) is 21.2 Å². The van der Waals surface area contributed by atoms with Crippen molar-refractivity contribution in [2.24, 2.45) is 0 Å². The van der Waals surface area contributed by atoms with Crippen LogP contribution in [0.3, 0.4) is 0 Å². The van der Waals surface area contributed by atoms with Gasteiger partial charge in [0.05, 0.1) is 0 Å². The van der Waals surface area contributed by atoms with Gasteiger partial charge in [0.15, 0.2) is 0 Å². The molecule has 0 radical (unpaired) electrons. The number of H-pyrrole nitrogens is 1. The third-order valence-corrected chi connectivity index (χ3v) is 2.99. The van der Waals surface area contributed by atoms with Crippen LogP contribution in [0.2, 0.25) is 0 Å². The molecule has 0 aliphatic heterocycles. The first-order valence-corrected chi connectivity index (χ1v) is 5.77. The first-order chi connectivity index (χ1) is 8.34. The van der Waals surface area contributed by atoms with E-state index in [1.165, 1.54) is 5.39 Å². The molecule has 0 saturated carbocycles. The van der Waals surface area contributed by atoms with E-state index >= 15 is 0 Å². The molecule has 0 saturated heterocycles. The highest BCUT2D eigenvalue weighted by Crippen LogP contribution is 2.25. The SMILES string of the molecule is S=c1cc[nH]c(-c2cncc3ccccc23)c1. The lowest BCUT2D eigenvalue weighted by Crippen LogP contribution is -1.86. The molecule has 0 amide bonds. The van der Waals surface area contributed by atoms with Gasteiger partial charge < -0.3 is 4.98 Å². The molecule has 0 atom stereocenters. The molecular formula is C14H10N2S. The fourth-order valence-corrected chi connectivity index (χ4v) is 2.12. The molecule has 1 aromatic carbocycles. The van der Waals surface area contributed by atoms with Crippen LogP contribution < -0.4 is 0 Å². The molecule has 0 aliphatic carbocycles. The predicted octanol–water partition coefficient (Wildman–Crippen LogP) is 3.96. The largest absolute Gasteiger partial charge is 0.361 e. The molecule has 3 rings (SSSR count). The van der Waals surface area contributed by atoms with E-state index in [2.05, 4.69) is 22.1 Å². The molecule has 0 bridgehead atoms. The van der Waals surface area contributed by atoms with Crippen LogP contribution in [0.5, 0.6) is 0 Å². The van der Waals surface area contributed by atoms with Gasteiger partial charge in [0.1, 0.15) is 0 Å². The van der Waals surface area contributed by atoms with Crippen molar-refractivity contribution in [1.29, 1.82) is 0 Å². The summed E-state index contributed by atoms with van der Waals surface area (Å²) in [5.74, 6) is 0. The molecule has 3 heteroatoms. The van der Waals surface area contributed by atoms with Gasteiger partial charge in [0.2, 0.25) is 0 Å². The zero-order chi connectivity index (χ0) is 11.7. The second-order valence-electron chi connectivity index (χ2n) is 3.85. The van der Waals surface area contributed by atoms with Gasteiger partial charge in [-0.05, 0) is 17.5 Å². The van der Waals surface area contributed by atoms with Crippen molar-refractivity contribution >= 4 is 23.0 Å². The number of fused-ring (bicyclic) bond motifs is 1. The fraction of sp³-hybridized carbons (Fsp3) is 0. The molecule has 0 spiro atoms. The van der Waals surface area contributed by atoms with Gasteiger partial charge in [-0.15, -0.1) is 0 Å². The molecule has 2 heterocycles. The third-order valence-electron chi connectivity index (χ3n) is 2.73. The number of aromatic amines is 1. The summed E-state index contributed by atoms with van der Waals surface area (Å²) < 4.78 is 0.826. The van der Waals surface area contributed by atoms with Gasteiger partial charge in [-0.2, -0.15) is 0 Å². The van der Waals surface area contributed by atoms with Crippen molar-refractivity contribution in [3.63, 3.8) is 0 Å². The van der Waals surface area contributed by atoms with E-state index in [4.69, 9.17) is 12.2 Å². The second-order valence-corrected chi connectivity index (χ2v) is 4.32. The minimum absolute atomic E-state index is 0.826. The van der Waals surface area contributed by atoms with Crippen LogP contribution in [-0.4, -0.2) is 9.97 Å². The van der Waals surface area contributed by atoms with E-state index < -0.39 is 0 Å². The molecule has 17 heavy (non-hydrogen) atoms. The molecule has 1 N–H and O–H groups in total. The quantitative estimate of drug-likeness (QED) is 0.650. The van der Waals surface area contributed by atoms with E-state index in [1.54, 1.807) is 0 Å². The Kier molecular flexibility index (Phi) is 2.46. The zero-order valence-electron chi connectivity index (χ0n) is 9.05. The summed E-state index contributed by atoms with van der Waals surface area (Å²) in [4.78, 5) is 7.48. The minimum atomic E-state index is 0.826. The molecule has 82 valence electrons. The fourth-order valence-electron chi connectivity index (χ4n) is 1.93. The molecule has 2 nitrogen and oxygen atoms in total. The van der Waals surface area contributed by atoms with Crippen LogP contribution in [-0.2, 0) is 0 Å². The van der Waals surface area contributed by atoms with Crippen molar-refractivity contribution in [2.75, 3.05) is 0 Å². The lowest BCUT2D eigenvalue weighted by Gasteiger charge is -2.05. The van der Waals surface area contributed by atoms with Crippen LogP contribution in [0.4, 0.5) is 0 Å². The summed E-state index contributed by atoms with van der Waals surface area (Å²) in [5.41, 5.74) is 2.08.